The molecule has 1 aliphatic rings. The zero-order valence-electron chi connectivity index (χ0n) is 13.8. The van der Waals surface area contributed by atoms with Crippen molar-refractivity contribution in [3.05, 3.63) is 59.3 Å². The molecule has 2 amide bonds. The fraction of sp³-hybridized carbons (Fsp3) is 0.278. The van der Waals surface area contributed by atoms with Gasteiger partial charge in [0.2, 0.25) is 5.91 Å². The second-order valence-corrected chi connectivity index (χ2v) is 5.75. The molecule has 1 saturated heterocycles. The van der Waals surface area contributed by atoms with Crippen LogP contribution in [-0.2, 0) is 11.3 Å². The molecule has 2 aromatic rings. The van der Waals surface area contributed by atoms with E-state index < -0.39 is 5.91 Å². The number of aromatic nitrogens is 1. The third-order valence-corrected chi connectivity index (χ3v) is 4.03. The van der Waals surface area contributed by atoms with Gasteiger partial charge in [0.25, 0.3) is 5.91 Å². The Hall–Kier alpha value is -2.93. The van der Waals surface area contributed by atoms with E-state index in [1.165, 1.54) is 12.1 Å². The smallest absolute Gasteiger partial charge is 0.251 e. The monoisotopic (exact) mass is 340 g/mol. The molecule has 0 radical (unpaired) electrons. The maximum Gasteiger partial charge on any atom is 0.251 e. The summed E-state index contributed by atoms with van der Waals surface area (Å²) in [5, 5.41) is 2.83. The lowest BCUT2D eigenvalue weighted by molar-refractivity contribution is 0.0948. The van der Waals surface area contributed by atoms with Crippen molar-refractivity contribution in [3.63, 3.8) is 0 Å². The molecule has 1 aliphatic heterocycles. The molecule has 0 spiro atoms. The third kappa shape index (κ3) is 4.33. The maximum atomic E-state index is 12.1. The molecular formula is C18H20N4O3. The van der Waals surface area contributed by atoms with Crippen molar-refractivity contribution in [2.45, 2.75) is 6.54 Å². The number of amides is 2. The lowest BCUT2D eigenvalue weighted by Crippen LogP contribution is -2.36. The summed E-state index contributed by atoms with van der Waals surface area (Å²) in [6.45, 7) is 3.49. The van der Waals surface area contributed by atoms with E-state index in [9.17, 15) is 9.59 Å². The molecule has 0 bridgehead atoms. The molecule has 1 aromatic heterocycles. The Morgan fingerprint density at radius 3 is 2.36 bits per heavy atom. The summed E-state index contributed by atoms with van der Waals surface area (Å²) in [4.78, 5) is 29.8. The van der Waals surface area contributed by atoms with Crippen LogP contribution in [-0.4, -0.2) is 43.1 Å². The largest absolute Gasteiger partial charge is 0.378 e. The third-order valence-electron chi connectivity index (χ3n) is 4.03. The number of rotatable bonds is 5. The number of ether oxygens (including phenoxy) is 1. The topological polar surface area (TPSA) is 97.5 Å². The number of carbonyl (C=O) groups excluding carboxylic acids is 2. The van der Waals surface area contributed by atoms with Gasteiger partial charge in [-0.1, -0.05) is 6.07 Å². The highest BCUT2D eigenvalue weighted by molar-refractivity contribution is 5.97. The van der Waals surface area contributed by atoms with Gasteiger partial charge >= 0.3 is 0 Å². The van der Waals surface area contributed by atoms with Gasteiger partial charge in [-0.3, -0.25) is 9.59 Å². The molecule has 0 saturated carbocycles. The molecule has 2 heterocycles. The molecule has 0 aliphatic carbocycles. The highest BCUT2D eigenvalue weighted by atomic mass is 16.5. The van der Waals surface area contributed by atoms with E-state index in [1.807, 2.05) is 12.1 Å². The van der Waals surface area contributed by atoms with Crippen LogP contribution >= 0.6 is 0 Å². The lowest BCUT2D eigenvalue weighted by Gasteiger charge is -2.27. The van der Waals surface area contributed by atoms with Crippen LogP contribution in [0.4, 0.5) is 5.82 Å². The van der Waals surface area contributed by atoms with Crippen molar-refractivity contribution in [3.8, 4) is 0 Å². The van der Waals surface area contributed by atoms with Gasteiger partial charge in [-0.2, -0.15) is 0 Å². The maximum absolute atomic E-state index is 12.1. The van der Waals surface area contributed by atoms with E-state index in [0.29, 0.717) is 30.9 Å². The number of nitrogens with one attached hydrogen (secondary N) is 1. The molecule has 1 fully saturated rings. The molecule has 25 heavy (non-hydrogen) atoms. The molecule has 0 atom stereocenters. The van der Waals surface area contributed by atoms with Gasteiger partial charge in [0.1, 0.15) is 5.82 Å². The number of morpholine rings is 1. The van der Waals surface area contributed by atoms with Crippen LogP contribution in [0.25, 0.3) is 0 Å². The van der Waals surface area contributed by atoms with Gasteiger partial charge in [0, 0.05) is 37.0 Å². The van der Waals surface area contributed by atoms with E-state index in [1.54, 1.807) is 18.3 Å². The summed E-state index contributed by atoms with van der Waals surface area (Å²) in [5.74, 6) is 0.187. The molecule has 130 valence electrons. The fourth-order valence-corrected chi connectivity index (χ4v) is 2.57. The predicted molar refractivity (Wildman–Crippen MR) is 93.4 cm³/mol. The predicted octanol–water partition coefficient (Wildman–Crippen LogP) is 0.947. The molecule has 3 rings (SSSR count). The SMILES string of the molecule is NC(=O)c1ccc(C(=O)NCc2ccc(N3CCOCC3)nc2)cc1. The van der Waals surface area contributed by atoms with Crippen LogP contribution in [0, 0.1) is 0 Å². The van der Waals surface area contributed by atoms with Gasteiger partial charge in [0.05, 0.1) is 13.2 Å². The Kier molecular flexibility index (Phi) is 5.25. The van der Waals surface area contributed by atoms with Crippen molar-refractivity contribution in [1.29, 1.82) is 0 Å². The molecule has 0 unspecified atom stereocenters. The normalized spacial score (nSPS) is 14.2. The fourth-order valence-electron chi connectivity index (χ4n) is 2.57. The lowest BCUT2D eigenvalue weighted by atomic mass is 10.1. The van der Waals surface area contributed by atoms with Crippen molar-refractivity contribution < 1.29 is 14.3 Å². The minimum absolute atomic E-state index is 0.215. The Morgan fingerprint density at radius 2 is 1.76 bits per heavy atom. The summed E-state index contributed by atoms with van der Waals surface area (Å²) in [6, 6.07) is 10.1. The van der Waals surface area contributed by atoms with Crippen molar-refractivity contribution in [1.82, 2.24) is 10.3 Å². The van der Waals surface area contributed by atoms with E-state index in [0.717, 1.165) is 24.5 Å². The quantitative estimate of drug-likeness (QED) is 0.844. The first-order valence-electron chi connectivity index (χ1n) is 8.09. The molecule has 7 nitrogen and oxygen atoms in total. The molecule has 1 aromatic carbocycles. The number of hydrogen-bond acceptors (Lipinski definition) is 5. The minimum atomic E-state index is -0.515. The van der Waals surface area contributed by atoms with E-state index in [-0.39, 0.29) is 5.91 Å². The average molecular weight is 340 g/mol. The summed E-state index contributed by atoms with van der Waals surface area (Å²) in [5.41, 5.74) is 6.95. The van der Waals surface area contributed by atoms with Crippen molar-refractivity contribution in [2.75, 3.05) is 31.2 Å². The van der Waals surface area contributed by atoms with Gasteiger partial charge in [0.15, 0.2) is 0 Å². The number of pyridine rings is 1. The van der Waals surface area contributed by atoms with Gasteiger partial charge < -0.3 is 20.7 Å². The minimum Gasteiger partial charge on any atom is -0.378 e. The molecule has 7 heteroatoms. The molecular weight excluding hydrogens is 320 g/mol. The van der Waals surface area contributed by atoms with Crippen LogP contribution in [0.15, 0.2) is 42.6 Å². The Balaban J connectivity index is 1.55. The summed E-state index contributed by atoms with van der Waals surface area (Å²) >= 11 is 0. The van der Waals surface area contributed by atoms with Gasteiger partial charge in [-0.25, -0.2) is 4.98 Å². The molecule has 3 N–H and O–H groups in total. The van der Waals surface area contributed by atoms with Crippen LogP contribution in [0.2, 0.25) is 0 Å². The van der Waals surface area contributed by atoms with Crippen LogP contribution in [0.5, 0.6) is 0 Å². The number of nitrogens with two attached hydrogens (primary N) is 1. The van der Waals surface area contributed by atoms with E-state index >= 15 is 0 Å². The summed E-state index contributed by atoms with van der Waals surface area (Å²) < 4.78 is 5.33. The van der Waals surface area contributed by atoms with Crippen LogP contribution in [0.3, 0.4) is 0 Å². The van der Waals surface area contributed by atoms with Crippen LogP contribution in [0.1, 0.15) is 26.3 Å². The zero-order chi connectivity index (χ0) is 17.6. The zero-order valence-corrected chi connectivity index (χ0v) is 13.8. The number of carbonyl (C=O) groups is 2. The van der Waals surface area contributed by atoms with E-state index in [2.05, 4.69) is 15.2 Å². The summed E-state index contributed by atoms with van der Waals surface area (Å²) in [6.07, 6.45) is 1.77. The number of anilines is 1. The van der Waals surface area contributed by atoms with Crippen LogP contribution < -0.4 is 16.0 Å². The summed E-state index contributed by atoms with van der Waals surface area (Å²) in [7, 11) is 0. The van der Waals surface area contributed by atoms with Crippen molar-refractivity contribution >= 4 is 17.6 Å². The second-order valence-electron chi connectivity index (χ2n) is 5.75. The second kappa shape index (κ2) is 7.76. The standard InChI is InChI=1S/C18H20N4O3/c19-17(23)14-2-4-15(5-3-14)18(24)21-12-13-1-6-16(20-11-13)22-7-9-25-10-8-22/h1-6,11H,7-10,12H2,(H2,19,23)(H,21,24). The Bertz CT molecular complexity index is 738. The first kappa shape index (κ1) is 16.9. The highest BCUT2D eigenvalue weighted by Gasteiger charge is 2.12. The van der Waals surface area contributed by atoms with E-state index in [4.69, 9.17) is 10.5 Å². The van der Waals surface area contributed by atoms with Gasteiger partial charge in [-0.05, 0) is 35.9 Å². The number of benzene rings is 1. The van der Waals surface area contributed by atoms with Gasteiger partial charge in [-0.15, -0.1) is 0 Å². The Labute approximate surface area is 145 Å². The van der Waals surface area contributed by atoms with Crippen molar-refractivity contribution in [2.24, 2.45) is 5.73 Å². The first-order valence-corrected chi connectivity index (χ1v) is 8.09. The highest BCUT2D eigenvalue weighted by Crippen LogP contribution is 2.13. The first-order chi connectivity index (χ1) is 12.1. The number of nitrogens with zero attached hydrogens (tertiary/aromatic N) is 2. The number of hydrogen-bond donors (Lipinski definition) is 2. The number of primary amides is 1. The Morgan fingerprint density at radius 1 is 1.08 bits per heavy atom. The average Bonchev–Trinajstić information content (AvgIpc) is 2.67.